The van der Waals surface area contributed by atoms with Gasteiger partial charge < -0.3 is 10.5 Å². The summed E-state index contributed by atoms with van der Waals surface area (Å²) < 4.78 is 20.9. The summed E-state index contributed by atoms with van der Waals surface area (Å²) in [6.07, 6.45) is 0. The van der Waals surface area contributed by atoms with Gasteiger partial charge in [-0.05, 0) is 39.7 Å². The van der Waals surface area contributed by atoms with Crippen molar-refractivity contribution in [2.45, 2.75) is 6.61 Å². The molecular formula is C15H13BrFN3O. The zero-order valence-electron chi connectivity index (χ0n) is 11.3. The number of halogens is 2. The molecule has 108 valence electrons. The van der Waals surface area contributed by atoms with Crippen LogP contribution in [0.1, 0.15) is 5.56 Å². The number of hydrogen-bond donors (Lipinski definition) is 1. The summed E-state index contributed by atoms with van der Waals surface area (Å²) in [5.41, 5.74) is 9.15. The number of ether oxygens (including phenoxy) is 1. The minimum atomic E-state index is -0.361. The van der Waals surface area contributed by atoms with Gasteiger partial charge in [0, 0.05) is 18.9 Å². The van der Waals surface area contributed by atoms with Gasteiger partial charge in [0.25, 0.3) is 0 Å². The molecule has 3 aromatic rings. The molecule has 0 radical (unpaired) electrons. The average molecular weight is 350 g/mol. The molecule has 4 nitrogen and oxygen atoms in total. The highest BCUT2D eigenvalue weighted by Gasteiger charge is 2.13. The average Bonchev–Trinajstić information content (AvgIpc) is 2.75. The van der Waals surface area contributed by atoms with Crippen molar-refractivity contribution in [2.24, 2.45) is 0 Å². The number of hydrogen-bond acceptors (Lipinski definition) is 3. The van der Waals surface area contributed by atoms with Crippen LogP contribution in [0.2, 0.25) is 0 Å². The van der Waals surface area contributed by atoms with Crippen LogP contribution >= 0.6 is 15.9 Å². The minimum absolute atomic E-state index is 0.317. The molecule has 0 saturated heterocycles. The first-order valence-electron chi connectivity index (χ1n) is 6.31. The number of imidazole rings is 1. The van der Waals surface area contributed by atoms with E-state index in [1.54, 1.807) is 17.7 Å². The van der Waals surface area contributed by atoms with E-state index in [2.05, 4.69) is 20.9 Å². The quantitative estimate of drug-likeness (QED) is 0.784. The molecule has 1 aromatic heterocycles. The van der Waals surface area contributed by atoms with Crippen molar-refractivity contribution < 1.29 is 9.13 Å². The van der Waals surface area contributed by atoms with Crippen LogP contribution < -0.4 is 5.73 Å². The van der Waals surface area contributed by atoms with Gasteiger partial charge in [-0.3, -0.25) is 4.57 Å². The molecule has 3 rings (SSSR count). The van der Waals surface area contributed by atoms with Crippen LogP contribution in [0.5, 0.6) is 0 Å². The first-order chi connectivity index (χ1) is 10.1. The fraction of sp³-hybridized carbons (Fsp3) is 0.133. The maximum absolute atomic E-state index is 13.6. The lowest BCUT2D eigenvalue weighted by molar-refractivity contribution is 0.185. The lowest BCUT2D eigenvalue weighted by atomic mass is 10.2. The highest BCUT2D eigenvalue weighted by Crippen LogP contribution is 2.28. The lowest BCUT2D eigenvalue weighted by Gasteiger charge is -2.09. The summed E-state index contributed by atoms with van der Waals surface area (Å²) in [5.74, 6) is -0.0441. The molecule has 0 aliphatic rings. The van der Waals surface area contributed by atoms with Crippen LogP contribution in [0.3, 0.4) is 0 Å². The van der Waals surface area contributed by atoms with Gasteiger partial charge in [-0.2, -0.15) is 0 Å². The zero-order chi connectivity index (χ0) is 15.0. The number of nitrogens with zero attached hydrogens (tertiary/aromatic N) is 2. The van der Waals surface area contributed by atoms with Crippen LogP contribution in [0.25, 0.3) is 16.7 Å². The largest absolute Gasteiger partial charge is 0.380 e. The molecular weight excluding hydrogens is 337 g/mol. The van der Waals surface area contributed by atoms with Gasteiger partial charge in [-0.1, -0.05) is 12.1 Å². The molecule has 2 aromatic carbocycles. The molecule has 2 N–H and O–H groups in total. The van der Waals surface area contributed by atoms with E-state index in [1.807, 2.05) is 24.3 Å². The van der Waals surface area contributed by atoms with E-state index in [9.17, 15) is 4.39 Å². The summed E-state index contributed by atoms with van der Waals surface area (Å²) in [7, 11) is 1.65. The van der Waals surface area contributed by atoms with Crippen LogP contribution in [0.15, 0.2) is 40.9 Å². The Labute approximate surface area is 129 Å². The smallest absolute Gasteiger partial charge is 0.205 e. The van der Waals surface area contributed by atoms with E-state index in [-0.39, 0.29) is 5.82 Å². The Kier molecular flexibility index (Phi) is 3.65. The molecule has 0 saturated carbocycles. The molecule has 21 heavy (non-hydrogen) atoms. The van der Waals surface area contributed by atoms with Crippen molar-refractivity contribution in [1.82, 2.24) is 9.55 Å². The molecule has 0 aliphatic carbocycles. The van der Waals surface area contributed by atoms with E-state index in [0.717, 1.165) is 16.8 Å². The first kappa shape index (κ1) is 14.0. The number of nitrogens with two attached hydrogens (primary N) is 1. The predicted octanol–water partition coefficient (Wildman–Crippen LogP) is 3.66. The highest BCUT2D eigenvalue weighted by atomic mass is 79.9. The van der Waals surface area contributed by atoms with Gasteiger partial charge in [0.1, 0.15) is 5.82 Å². The maximum Gasteiger partial charge on any atom is 0.205 e. The number of fused-ring (bicyclic) bond motifs is 1. The number of rotatable bonds is 3. The van der Waals surface area contributed by atoms with Crippen molar-refractivity contribution in [3.05, 3.63) is 52.3 Å². The third-order valence-electron chi connectivity index (χ3n) is 3.20. The third-order valence-corrected chi connectivity index (χ3v) is 3.81. The molecule has 0 amide bonds. The fourth-order valence-electron chi connectivity index (χ4n) is 2.31. The van der Waals surface area contributed by atoms with Crippen LogP contribution in [0.4, 0.5) is 10.3 Å². The second kappa shape index (κ2) is 5.46. The van der Waals surface area contributed by atoms with E-state index in [0.29, 0.717) is 22.5 Å². The first-order valence-corrected chi connectivity index (χ1v) is 7.10. The number of benzene rings is 2. The summed E-state index contributed by atoms with van der Waals surface area (Å²) >= 11 is 3.19. The van der Waals surface area contributed by atoms with Gasteiger partial charge in [0.05, 0.1) is 22.1 Å². The Morgan fingerprint density at radius 3 is 2.90 bits per heavy atom. The minimum Gasteiger partial charge on any atom is -0.380 e. The number of nitrogen functional groups attached to an aromatic ring is 1. The Morgan fingerprint density at radius 2 is 2.14 bits per heavy atom. The zero-order valence-corrected chi connectivity index (χ0v) is 12.9. The van der Waals surface area contributed by atoms with Crippen LogP contribution in [-0.2, 0) is 11.3 Å². The lowest BCUT2D eigenvalue weighted by Crippen LogP contribution is -2.01. The number of methoxy groups -OCH3 is 1. The van der Waals surface area contributed by atoms with E-state index < -0.39 is 0 Å². The van der Waals surface area contributed by atoms with Crippen molar-refractivity contribution >= 4 is 32.9 Å². The monoisotopic (exact) mass is 349 g/mol. The summed E-state index contributed by atoms with van der Waals surface area (Å²) in [6, 6.07) is 10.8. The van der Waals surface area contributed by atoms with Crippen molar-refractivity contribution in [3.63, 3.8) is 0 Å². The Morgan fingerprint density at radius 1 is 1.33 bits per heavy atom. The highest BCUT2D eigenvalue weighted by molar-refractivity contribution is 9.10. The third kappa shape index (κ3) is 2.52. The van der Waals surface area contributed by atoms with Gasteiger partial charge in [-0.15, -0.1) is 0 Å². The van der Waals surface area contributed by atoms with Gasteiger partial charge in [0.2, 0.25) is 5.95 Å². The molecule has 6 heteroatoms. The predicted molar refractivity (Wildman–Crippen MR) is 83.9 cm³/mol. The Hall–Kier alpha value is -1.92. The van der Waals surface area contributed by atoms with Gasteiger partial charge in [-0.25, -0.2) is 9.37 Å². The second-order valence-corrected chi connectivity index (χ2v) is 5.52. The maximum atomic E-state index is 13.6. The van der Waals surface area contributed by atoms with Crippen molar-refractivity contribution in [1.29, 1.82) is 0 Å². The van der Waals surface area contributed by atoms with Crippen molar-refractivity contribution in [2.75, 3.05) is 12.8 Å². The molecule has 0 unspecified atom stereocenters. The van der Waals surface area contributed by atoms with Gasteiger partial charge in [0.15, 0.2) is 0 Å². The Bertz CT molecular complexity index is 816. The molecule has 0 bridgehead atoms. The molecule has 0 spiro atoms. The molecule has 0 atom stereocenters. The summed E-state index contributed by atoms with van der Waals surface area (Å²) in [5, 5.41) is 0. The number of anilines is 1. The SMILES string of the molecule is COCc1cccc(-n2c(N)nc3cc(F)c(Br)cc32)c1. The summed E-state index contributed by atoms with van der Waals surface area (Å²) in [6.45, 7) is 0.513. The van der Waals surface area contributed by atoms with Crippen LogP contribution in [0, 0.1) is 5.82 Å². The molecule has 1 heterocycles. The second-order valence-electron chi connectivity index (χ2n) is 4.66. The topological polar surface area (TPSA) is 53.1 Å². The fourth-order valence-corrected chi connectivity index (χ4v) is 2.65. The molecule has 0 aliphatic heterocycles. The van der Waals surface area contributed by atoms with E-state index in [4.69, 9.17) is 10.5 Å². The standard InChI is InChI=1S/C15H13BrFN3O/c1-21-8-9-3-2-4-10(5-9)20-14-6-11(16)12(17)7-13(14)19-15(20)18/h2-7H,8H2,1H3,(H2,18,19). The summed E-state index contributed by atoms with van der Waals surface area (Å²) in [4.78, 5) is 4.22. The van der Waals surface area contributed by atoms with Crippen LogP contribution in [-0.4, -0.2) is 16.7 Å². The van der Waals surface area contributed by atoms with E-state index in [1.165, 1.54) is 6.07 Å². The normalized spacial score (nSPS) is 11.2. The van der Waals surface area contributed by atoms with Crippen molar-refractivity contribution in [3.8, 4) is 5.69 Å². The van der Waals surface area contributed by atoms with E-state index >= 15 is 0 Å². The molecule has 0 fully saturated rings. The number of aromatic nitrogens is 2. The van der Waals surface area contributed by atoms with Gasteiger partial charge >= 0.3 is 0 Å². The Balaban J connectivity index is 2.22.